The Kier molecular flexibility index (Phi) is 7.00. The quantitative estimate of drug-likeness (QED) is 0.633. The van der Waals surface area contributed by atoms with Gasteiger partial charge in [0.05, 0.1) is 30.0 Å². The lowest BCUT2D eigenvalue weighted by Crippen LogP contribution is -2.65. The molecule has 0 radical (unpaired) electrons. The number of fused-ring (bicyclic) bond motifs is 3. The number of aryl methyl sites for hydroxylation is 1. The summed E-state index contributed by atoms with van der Waals surface area (Å²) in [6, 6.07) is 4.44. The first kappa shape index (κ1) is 23.8. The molecule has 34 heavy (non-hydrogen) atoms. The third-order valence-electron chi connectivity index (χ3n) is 7.94. The number of amides is 2. The number of rotatable bonds is 6. The highest BCUT2D eigenvalue weighted by atomic mass is 32.1. The van der Waals surface area contributed by atoms with Crippen LogP contribution < -0.4 is 5.32 Å². The predicted octanol–water partition coefficient (Wildman–Crippen LogP) is 3.65. The van der Waals surface area contributed by atoms with Crippen molar-refractivity contribution in [3.8, 4) is 0 Å². The highest BCUT2D eigenvalue weighted by molar-refractivity contribution is 7.19. The molecule has 2 fully saturated rings. The van der Waals surface area contributed by atoms with Gasteiger partial charge >= 0.3 is 0 Å². The molecule has 2 amide bonds. The number of hydrogen-bond acceptors (Lipinski definition) is 5. The van der Waals surface area contributed by atoms with Crippen LogP contribution >= 0.6 is 11.3 Å². The number of carbonyl (C=O) groups is 2. The fraction of sp³-hybridized carbons (Fsp3) is 0.692. The van der Waals surface area contributed by atoms with Crippen LogP contribution in [0.5, 0.6) is 0 Å². The van der Waals surface area contributed by atoms with Gasteiger partial charge < -0.3 is 19.5 Å². The summed E-state index contributed by atoms with van der Waals surface area (Å²) in [6.45, 7) is 9.14. The maximum absolute atomic E-state index is 13.9. The second-order valence-corrected chi connectivity index (χ2v) is 11.4. The van der Waals surface area contributed by atoms with Gasteiger partial charge in [0, 0.05) is 37.1 Å². The van der Waals surface area contributed by atoms with Crippen LogP contribution in [0.3, 0.4) is 0 Å². The van der Waals surface area contributed by atoms with Gasteiger partial charge in [0.2, 0.25) is 5.91 Å². The van der Waals surface area contributed by atoms with Gasteiger partial charge in [-0.15, -0.1) is 11.3 Å². The zero-order valence-electron chi connectivity index (χ0n) is 20.6. The molecule has 1 saturated carbocycles. The predicted molar refractivity (Wildman–Crippen MR) is 136 cm³/mol. The third-order valence-corrected chi connectivity index (χ3v) is 9.15. The maximum Gasteiger partial charge on any atom is 0.271 e. The molecule has 2 aromatic heterocycles. The minimum Gasteiger partial charge on any atom is -0.379 e. The molecule has 0 aromatic carbocycles. The molecular formula is C26H38N4O3S. The van der Waals surface area contributed by atoms with Gasteiger partial charge in [0.15, 0.2) is 0 Å². The van der Waals surface area contributed by atoms with Gasteiger partial charge in [-0.1, -0.05) is 32.6 Å². The fourth-order valence-corrected chi connectivity index (χ4v) is 6.79. The Morgan fingerprint density at radius 2 is 1.88 bits per heavy atom. The summed E-state index contributed by atoms with van der Waals surface area (Å²) in [4.78, 5) is 33.3. The van der Waals surface area contributed by atoms with E-state index in [0.29, 0.717) is 18.8 Å². The minimum absolute atomic E-state index is 0.00632. The summed E-state index contributed by atoms with van der Waals surface area (Å²) in [6.07, 6.45) is 7.87. The van der Waals surface area contributed by atoms with Gasteiger partial charge in [-0.3, -0.25) is 14.5 Å². The first-order valence-corrected chi connectivity index (χ1v) is 13.9. The molecule has 0 bridgehead atoms. The van der Waals surface area contributed by atoms with Crippen molar-refractivity contribution in [2.75, 3.05) is 39.4 Å². The van der Waals surface area contributed by atoms with Crippen LogP contribution in [-0.4, -0.2) is 77.2 Å². The number of thiophene rings is 1. The number of hydrogen-bond donors (Lipinski definition) is 1. The lowest BCUT2D eigenvalue weighted by Gasteiger charge is -2.45. The summed E-state index contributed by atoms with van der Waals surface area (Å²) in [5.41, 5.74) is 0.889. The van der Waals surface area contributed by atoms with Crippen molar-refractivity contribution < 1.29 is 14.3 Å². The first-order chi connectivity index (χ1) is 16.5. The van der Waals surface area contributed by atoms with Crippen LogP contribution in [0.2, 0.25) is 0 Å². The van der Waals surface area contributed by atoms with E-state index < -0.39 is 5.54 Å². The largest absolute Gasteiger partial charge is 0.379 e. The fourth-order valence-electron chi connectivity index (χ4n) is 5.74. The second kappa shape index (κ2) is 9.99. The summed E-state index contributed by atoms with van der Waals surface area (Å²) in [5.74, 6) is -0.0346. The van der Waals surface area contributed by atoms with E-state index in [2.05, 4.69) is 27.8 Å². The molecule has 5 rings (SSSR count). The zero-order valence-corrected chi connectivity index (χ0v) is 21.4. The van der Waals surface area contributed by atoms with Gasteiger partial charge in [0.25, 0.3) is 5.91 Å². The lowest BCUT2D eigenvalue weighted by atomic mass is 9.93. The van der Waals surface area contributed by atoms with Crippen molar-refractivity contribution in [2.24, 2.45) is 0 Å². The van der Waals surface area contributed by atoms with Crippen molar-refractivity contribution in [1.82, 2.24) is 19.7 Å². The van der Waals surface area contributed by atoms with Crippen molar-refractivity contribution in [1.29, 1.82) is 0 Å². The number of ether oxygens (including phenoxy) is 1. The van der Waals surface area contributed by atoms with Crippen molar-refractivity contribution >= 4 is 33.4 Å². The van der Waals surface area contributed by atoms with Gasteiger partial charge in [0.1, 0.15) is 11.2 Å². The van der Waals surface area contributed by atoms with E-state index >= 15 is 0 Å². The Balaban J connectivity index is 1.44. The summed E-state index contributed by atoms with van der Waals surface area (Å²) >= 11 is 1.76. The molecule has 186 valence electrons. The van der Waals surface area contributed by atoms with Crippen molar-refractivity contribution in [3.63, 3.8) is 0 Å². The summed E-state index contributed by atoms with van der Waals surface area (Å²) in [7, 11) is 0. The second-order valence-electron chi connectivity index (χ2n) is 10.3. The summed E-state index contributed by atoms with van der Waals surface area (Å²) in [5, 5.41) is 3.37. The van der Waals surface area contributed by atoms with Crippen LogP contribution in [0, 0.1) is 0 Å². The van der Waals surface area contributed by atoms with E-state index in [1.807, 2.05) is 17.9 Å². The van der Waals surface area contributed by atoms with Crippen LogP contribution in [-0.2, 0) is 22.5 Å². The molecule has 1 saturated heterocycles. The van der Waals surface area contributed by atoms with Gasteiger partial charge in [-0.2, -0.15) is 0 Å². The normalized spacial score (nSPS) is 24.9. The SMILES string of the molecule is CCc1cc2c(cc3n2C[C@](C)(C(=O)NC2CCCCCC2)N(CCN2CCOCC2)C3=O)s1. The molecule has 2 aromatic rings. The van der Waals surface area contributed by atoms with E-state index in [1.54, 1.807) is 11.3 Å². The highest BCUT2D eigenvalue weighted by Crippen LogP contribution is 2.36. The number of morpholine rings is 1. The highest BCUT2D eigenvalue weighted by Gasteiger charge is 2.48. The Hall–Kier alpha value is -1.90. The minimum atomic E-state index is -0.914. The Morgan fingerprint density at radius 1 is 1.15 bits per heavy atom. The molecule has 2 aliphatic heterocycles. The van der Waals surface area contributed by atoms with E-state index in [4.69, 9.17) is 4.74 Å². The number of nitrogens with zero attached hydrogens (tertiary/aromatic N) is 3. The molecule has 1 aliphatic carbocycles. The van der Waals surface area contributed by atoms with E-state index in [1.165, 1.54) is 30.6 Å². The van der Waals surface area contributed by atoms with E-state index in [9.17, 15) is 9.59 Å². The number of carbonyl (C=O) groups excluding carboxylic acids is 2. The molecule has 0 unspecified atom stereocenters. The molecule has 7 nitrogen and oxygen atoms in total. The maximum atomic E-state index is 13.9. The molecule has 0 spiro atoms. The number of nitrogens with one attached hydrogen (secondary N) is 1. The van der Waals surface area contributed by atoms with Gasteiger partial charge in [-0.05, 0) is 38.3 Å². The average molecular weight is 487 g/mol. The standard InChI is InChI=1S/C26H38N4O3S/c1-3-20-16-21-23(34-20)17-22-24(31)30(11-10-28-12-14-33-15-13-28)26(2,18-29(21)22)25(32)27-19-8-6-4-5-7-9-19/h16-17,19H,3-15,18H2,1-2H3,(H,27,32)/t26-/m1/s1. The topological polar surface area (TPSA) is 66.8 Å². The van der Waals surface area contributed by atoms with Crippen LogP contribution in [0.25, 0.3) is 10.2 Å². The molecule has 1 atom stereocenters. The van der Waals surface area contributed by atoms with E-state index in [-0.39, 0.29) is 17.9 Å². The smallest absolute Gasteiger partial charge is 0.271 e. The zero-order chi connectivity index (χ0) is 23.7. The average Bonchev–Trinajstić information content (AvgIpc) is 3.28. The molecule has 1 N–H and O–H groups in total. The monoisotopic (exact) mass is 486 g/mol. The van der Waals surface area contributed by atoms with Crippen LogP contribution in [0.15, 0.2) is 12.1 Å². The first-order valence-electron chi connectivity index (χ1n) is 13.0. The number of aromatic nitrogens is 1. The molecular weight excluding hydrogens is 448 g/mol. The van der Waals surface area contributed by atoms with E-state index in [0.717, 1.165) is 62.3 Å². The van der Waals surface area contributed by atoms with Crippen molar-refractivity contribution in [3.05, 3.63) is 22.7 Å². The Morgan fingerprint density at radius 3 is 2.59 bits per heavy atom. The Labute approximate surface area is 206 Å². The lowest BCUT2D eigenvalue weighted by molar-refractivity contribution is -0.133. The third kappa shape index (κ3) is 4.52. The molecule has 4 heterocycles. The Bertz CT molecular complexity index is 1030. The van der Waals surface area contributed by atoms with Crippen LogP contribution in [0.1, 0.15) is 67.7 Å². The molecule has 8 heteroatoms. The summed E-state index contributed by atoms with van der Waals surface area (Å²) < 4.78 is 8.73. The van der Waals surface area contributed by atoms with Crippen LogP contribution in [0.4, 0.5) is 0 Å². The van der Waals surface area contributed by atoms with Gasteiger partial charge in [-0.25, -0.2) is 0 Å². The van der Waals surface area contributed by atoms with Crippen molar-refractivity contribution in [2.45, 2.75) is 76.9 Å². The molecule has 3 aliphatic rings.